The van der Waals surface area contributed by atoms with Crippen molar-refractivity contribution in [3.8, 4) is 11.3 Å². The highest BCUT2D eigenvalue weighted by Gasteiger charge is 2.09. The molecule has 1 fully saturated rings. The predicted molar refractivity (Wildman–Crippen MR) is 77.0 cm³/mol. The lowest BCUT2D eigenvalue weighted by Gasteiger charge is -2.27. The fourth-order valence-corrected chi connectivity index (χ4v) is 2.43. The second-order valence-corrected chi connectivity index (χ2v) is 4.95. The Morgan fingerprint density at radius 1 is 1.05 bits per heavy atom. The first kappa shape index (κ1) is 12.4. The summed E-state index contributed by atoms with van der Waals surface area (Å²) in [6.45, 7) is 6.64. The molecular weight excluding hydrogens is 236 g/mol. The van der Waals surface area contributed by atoms with Crippen LogP contribution in [0.4, 0.5) is 0 Å². The molecule has 1 N–H and O–H groups in total. The fraction of sp³-hybridized carbons (Fsp3) is 0.400. The zero-order valence-electron chi connectivity index (χ0n) is 11.1. The molecule has 4 nitrogen and oxygen atoms in total. The predicted octanol–water partition coefficient (Wildman–Crippen LogP) is 1.46. The van der Waals surface area contributed by atoms with E-state index >= 15 is 0 Å². The van der Waals surface area contributed by atoms with Gasteiger partial charge in [0.25, 0.3) is 0 Å². The van der Waals surface area contributed by atoms with Gasteiger partial charge in [-0.05, 0) is 0 Å². The van der Waals surface area contributed by atoms with Gasteiger partial charge in [-0.25, -0.2) is 4.98 Å². The Morgan fingerprint density at radius 3 is 2.63 bits per heavy atom. The van der Waals surface area contributed by atoms with Crippen molar-refractivity contribution >= 4 is 0 Å². The van der Waals surface area contributed by atoms with Gasteiger partial charge in [0.1, 0.15) is 0 Å². The monoisotopic (exact) mass is 256 g/mol. The molecular formula is C15H20N4. The van der Waals surface area contributed by atoms with Crippen LogP contribution in [0.15, 0.2) is 42.9 Å². The van der Waals surface area contributed by atoms with Crippen LogP contribution in [-0.4, -0.2) is 47.2 Å². The van der Waals surface area contributed by atoms with Crippen molar-refractivity contribution in [2.45, 2.75) is 6.54 Å². The van der Waals surface area contributed by atoms with E-state index in [0.717, 1.165) is 45.0 Å². The summed E-state index contributed by atoms with van der Waals surface area (Å²) in [7, 11) is 0. The van der Waals surface area contributed by atoms with Gasteiger partial charge in [-0.15, -0.1) is 0 Å². The molecule has 1 saturated heterocycles. The first-order chi connectivity index (χ1) is 9.42. The van der Waals surface area contributed by atoms with Gasteiger partial charge in [0.05, 0.1) is 12.0 Å². The summed E-state index contributed by atoms with van der Waals surface area (Å²) in [5.74, 6) is 0. The van der Waals surface area contributed by atoms with Crippen LogP contribution in [0.25, 0.3) is 11.3 Å². The average Bonchev–Trinajstić information content (AvgIpc) is 2.96. The Balaban J connectivity index is 1.59. The molecule has 19 heavy (non-hydrogen) atoms. The van der Waals surface area contributed by atoms with E-state index in [1.54, 1.807) is 0 Å². The maximum Gasteiger partial charge on any atom is 0.0954 e. The molecule has 0 radical (unpaired) electrons. The Labute approximate surface area is 114 Å². The summed E-state index contributed by atoms with van der Waals surface area (Å²) in [6.07, 6.45) is 4.07. The molecule has 3 rings (SSSR count). The number of nitrogens with one attached hydrogen (secondary N) is 1. The average molecular weight is 256 g/mol. The molecule has 2 heterocycles. The van der Waals surface area contributed by atoms with Crippen molar-refractivity contribution in [3.05, 3.63) is 42.9 Å². The van der Waals surface area contributed by atoms with E-state index in [2.05, 4.69) is 50.2 Å². The minimum absolute atomic E-state index is 1.01. The summed E-state index contributed by atoms with van der Waals surface area (Å²) in [4.78, 5) is 6.98. The zero-order chi connectivity index (χ0) is 12.9. The van der Waals surface area contributed by atoms with Crippen LogP contribution in [0.2, 0.25) is 0 Å². The van der Waals surface area contributed by atoms with E-state index in [-0.39, 0.29) is 0 Å². The van der Waals surface area contributed by atoms with Gasteiger partial charge in [0, 0.05) is 51.0 Å². The SMILES string of the molecule is c1ccc(-c2cn(CCN3CCNCC3)cn2)cc1. The Bertz CT molecular complexity index is 500. The highest BCUT2D eigenvalue weighted by Crippen LogP contribution is 2.15. The van der Waals surface area contributed by atoms with Crippen molar-refractivity contribution in [1.29, 1.82) is 0 Å². The number of hydrogen-bond donors (Lipinski definition) is 1. The molecule has 2 aromatic rings. The Kier molecular flexibility index (Phi) is 3.91. The third-order valence-electron chi connectivity index (χ3n) is 3.59. The lowest BCUT2D eigenvalue weighted by molar-refractivity contribution is 0.232. The van der Waals surface area contributed by atoms with Crippen LogP contribution in [0.3, 0.4) is 0 Å². The van der Waals surface area contributed by atoms with Crippen LogP contribution in [0.5, 0.6) is 0 Å². The van der Waals surface area contributed by atoms with Gasteiger partial charge < -0.3 is 9.88 Å². The maximum absolute atomic E-state index is 4.48. The smallest absolute Gasteiger partial charge is 0.0954 e. The van der Waals surface area contributed by atoms with Crippen LogP contribution < -0.4 is 5.32 Å². The third kappa shape index (κ3) is 3.22. The molecule has 0 spiro atoms. The number of piperazine rings is 1. The van der Waals surface area contributed by atoms with E-state index in [9.17, 15) is 0 Å². The molecule has 1 aliphatic heterocycles. The van der Waals surface area contributed by atoms with E-state index < -0.39 is 0 Å². The maximum atomic E-state index is 4.48. The molecule has 100 valence electrons. The molecule has 0 saturated carbocycles. The van der Waals surface area contributed by atoms with Crippen LogP contribution in [-0.2, 0) is 6.54 Å². The molecule has 0 aliphatic carbocycles. The van der Waals surface area contributed by atoms with E-state index in [0.29, 0.717) is 0 Å². The second kappa shape index (κ2) is 5.99. The van der Waals surface area contributed by atoms with Crippen LogP contribution >= 0.6 is 0 Å². The van der Waals surface area contributed by atoms with E-state index in [1.165, 1.54) is 5.56 Å². The summed E-state index contributed by atoms with van der Waals surface area (Å²) in [5.41, 5.74) is 2.24. The summed E-state index contributed by atoms with van der Waals surface area (Å²) >= 11 is 0. The van der Waals surface area contributed by atoms with Gasteiger partial charge in [0.2, 0.25) is 0 Å². The van der Waals surface area contributed by atoms with Crippen molar-refractivity contribution < 1.29 is 0 Å². The number of nitrogens with zero attached hydrogens (tertiary/aromatic N) is 3. The second-order valence-electron chi connectivity index (χ2n) is 4.95. The minimum atomic E-state index is 1.01. The summed E-state index contributed by atoms with van der Waals surface area (Å²) < 4.78 is 2.18. The molecule has 1 aliphatic rings. The number of benzene rings is 1. The van der Waals surface area contributed by atoms with Gasteiger partial charge >= 0.3 is 0 Å². The number of hydrogen-bond acceptors (Lipinski definition) is 3. The van der Waals surface area contributed by atoms with Gasteiger partial charge in [-0.1, -0.05) is 30.3 Å². The molecule has 1 aromatic heterocycles. The Morgan fingerprint density at radius 2 is 1.84 bits per heavy atom. The first-order valence-electron chi connectivity index (χ1n) is 6.92. The van der Waals surface area contributed by atoms with Crippen LogP contribution in [0.1, 0.15) is 0 Å². The molecule has 1 aromatic carbocycles. The quantitative estimate of drug-likeness (QED) is 0.899. The zero-order valence-corrected chi connectivity index (χ0v) is 11.1. The lowest BCUT2D eigenvalue weighted by Crippen LogP contribution is -2.44. The lowest BCUT2D eigenvalue weighted by atomic mass is 10.2. The van der Waals surface area contributed by atoms with Crippen molar-refractivity contribution in [3.63, 3.8) is 0 Å². The minimum Gasteiger partial charge on any atom is -0.336 e. The normalized spacial score (nSPS) is 16.6. The van der Waals surface area contributed by atoms with E-state index in [1.807, 2.05) is 12.4 Å². The largest absolute Gasteiger partial charge is 0.336 e. The fourth-order valence-electron chi connectivity index (χ4n) is 2.43. The molecule has 0 amide bonds. The Hall–Kier alpha value is -1.65. The van der Waals surface area contributed by atoms with Gasteiger partial charge in [0.15, 0.2) is 0 Å². The van der Waals surface area contributed by atoms with Crippen LogP contribution in [0, 0.1) is 0 Å². The van der Waals surface area contributed by atoms with Gasteiger partial charge in [-0.3, -0.25) is 4.90 Å². The molecule has 0 unspecified atom stereocenters. The number of rotatable bonds is 4. The summed E-state index contributed by atoms with van der Waals surface area (Å²) in [6, 6.07) is 10.3. The first-order valence-corrected chi connectivity index (χ1v) is 6.92. The van der Waals surface area contributed by atoms with Crippen molar-refractivity contribution in [2.24, 2.45) is 0 Å². The van der Waals surface area contributed by atoms with Crippen molar-refractivity contribution in [1.82, 2.24) is 19.8 Å². The standard InChI is InChI=1S/C15H20N4/c1-2-4-14(5-3-1)15-12-19(13-17-15)11-10-18-8-6-16-7-9-18/h1-5,12-13,16H,6-11H2. The third-order valence-corrected chi connectivity index (χ3v) is 3.59. The number of aromatic nitrogens is 2. The number of imidazole rings is 1. The highest BCUT2D eigenvalue weighted by atomic mass is 15.2. The molecule has 0 atom stereocenters. The summed E-state index contributed by atoms with van der Waals surface area (Å²) in [5, 5.41) is 3.38. The molecule has 4 heteroatoms. The highest BCUT2D eigenvalue weighted by molar-refractivity contribution is 5.57. The van der Waals surface area contributed by atoms with Gasteiger partial charge in [-0.2, -0.15) is 0 Å². The van der Waals surface area contributed by atoms with E-state index in [4.69, 9.17) is 0 Å². The van der Waals surface area contributed by atoms with Crippen molar-refractivity contribution in [2.75, 3.05) is 32.7 Å². The topological polar surface area (TPSA) is 33.1 Å². The molecule has 0 bridgehead atoms.